The number of ether oxygens (including phenoxy) is 1. The van der Waals surface area contributed by atoms with Crippen LogP contribution < -0.4 is 10.3 Å². The summed E-state index contributed by atoms with van der Waals surface area (Å²) in [5.74, 6) is 0.918. The highest BCUT2D eigenvalue weighted by molar-refractivity contribution is 5.08. The predicted octanol–water partition coefficient (Wildman–Crippen LogP) is 0.886. The van der Waals surface area contributed by atoms with Crippen LogP contribution in [0.15, 0.2) is 26.0 Å². The van der Waals surface area contributed by atoms with E-state index in [9.17, 15) is 4.79 Å². The number of aromatic nitrogens is 2. The maximum atomic E-state index is 10.7. The molecule has 0 bridgehead atoms. The van der Waals surface area contributed by atoms with Gasteiger partial charge in [0.05, 0.1) is 12.3 Å². The fourth-order valence-electron chi connectivity index (χ4n) is 1.10. The zero-order chi connectivity index (χ0) is 10.7. The summed E-state index contributed by atoms with van der Waals surface area (Å²) in [6.45, 7) is 2.18. The van der Waals surface area contributed by atoms with Gasteiger partial charge in [0.15, 0.2) is 0 Å². The number of H-pyrrole nitrogens is 1. The van der Waals surface area contributed by atoms with Crippen LogP contribution in [-0.4, -0.2) is 16.9 Å². The van der Waals surface area contributed by atoms with Gasteiger partial charge in [0, 0.05) is 18.6 Å². The Morgan fingerprint density at radius 1 is 1.53 bits per heavy atom. The monoisotopic (exact) mass is 210 g/mol. The Bertz CT molecular complexity index is 482. The molecule has 0 saturated carbocycles. The SMILES string of the molecule is Cc1cc(OCCc2cc(=O)[nH]o2)on1. The van der Waals surface area contributed by atoms with Crippen molar-refractivity contribution in [3.8, 4) is 5.95 Å². The highest BCUT2D eigenvalue weighted by Gasteiger charge is 2.03. The summed E-state index contributed by atoms with van der Waals surface area (Å²) in [7, 11) is 0. The Morgan fingerprint density at radius 3 is 3.00 bits per heavy atom. The van der Waals surface area contributed by atoms with E-state index in [1.165, 1.54) is 6.07 Å². The Labute approximate surface area is 84.8 Å². The first kappa shape index (κ1) is 9.57. The zero-order valence-electron chi connectivity index (χ0n) is 8.15. The van der Waals surface area contributed by atoms with Crippen LogP contribution in [0, 0.1) is 6.92 Å². The van der Waals surface area contributed by atoms with Crippen molar-refractivity contribution in [3.05, 3.63) is 33.9 Å². The molecule has 1 N–H and O–H groups in total. The summed E-state index contributed by atoms with van der Waals surface area (Å²) in [5.41, 5.74) is 0.513. The number of aromatic amines is 1. The minimum atomic E-state index is -0.250. The molecule has 0 aromatic carbocycles. The van der Waals surface area contributed by atoms with E-state index in [1.54, 1.807) is 6.07 Å². The molecule has 0 radical (unpaired) electrons. The molecule has 0 spiro atoms. The van der Waals surface area contributed by atoms with Gasteiger partial charge in [0.25, 0.3) is 5.56 Å². The van der Waals surface area contributed by atoms with Gasteiger partial charge in [-0.3, -0.25) is 4.79 Å². The quantitative estimate of drug-likeness (QED) is 0.810. The Balaban J connectivity index is 1.82. The van der Waals surface area contributed by atoms with Crippen LogP contribution in [0.2, 0.25) is 0 Å². The van der Waals surface area contributed by atoms with Crippen molar-refractivity contribution in [2.75, 3.05) is 6.61 Å². The van der Waals surface area contributed by atoms with E-state index < -0.39 is 0 Å². The number of aryl methyl sites for hydroxylation is 1. The van der Waals surface area contributed by atoms with Gasteiger partial charge in [-0.1, -0.05) is 5.16 Å². The van der Waals surface area contributed by atoms with Crippen molar-refractivity contribution >= 4 is 0 Å². The molecule has 0 amide bonds. The Morgan fingerprint density at radius 2 is 2.40 bits per heavy atom. The van der Waals surface area contributed by atoms with Gasteiger partial charge in [-0.15, -0.1) is 0 Å². The Kier molecular flexibility index (Phi) is 2.57. The van der Waals surface area contributed by atoms with Gasteiger partial charge in [-0.05, 0) is 6.92 Å². The maximum absolute atomic E-state index is 10.7. The summed E-state index contributed by atoms with van der Waals surface area (Å²) < 4.78 is 14.9. The van der Waals surface area contributed by atoms with Crippen LogP contribution in [0.4, 0.5) is 0 Å². The molecule has 0 fully saturated rings. The molecule has 2 heterocycles. The third kappa shape index (κ3) is 2.49. The molecule has 2 rings (SSSR count). The molecule has 6 heteroatoms. The lowest BCUT2D eigenvalue weighted by Gasteiger charge is -1.97. The van der Waals surface area contributed by atoms with Crippen LogP contribution in [-0.2, 0) is 6.42 Å². The summed E-state index contributed by atoms with van der Waals surface area (Å²) in [5, 5.41) is 5.87. The van der Waals surface area contributed by atoms with Crippen LogP contribution in [0.5, 0.6) is 5.95 Å². The first-order chi connectivity index (χ1) is 7.24. The van der Waals surface area contributed by atoms with Crippen LogP contribution in [0.1, 0.15) is 11.5 Å². The number of hydrogen-bond acceptors (Lipinski definition) is 5. The molecule has 6 nitrogen and oxygen atoms in total. The van der Waals surface area contributed by atoms with Gasteiger partial charge >= 0.3 is 5.95 Å². The topological polar surface area (TPSA) is 81.3 Å². The van der Waals surface area contributed by atoms with Crippen molar-refractivity contribution in [1.29, 1.82) is 0 Å². The lowest BCUT2D eigenvalue weighted by atomic mass is 10.3. The maximum Gasteiger partial charge on any atom is 0.311 e. The standard InChI is InChI=1S/C9H10N2O4/c1-6-4-9(15-10-6)13-3-2-7-5-8(12)11-14-7/h4-5H,2-3H2,1H3,(H,11,12). The Hall–Kier alpha value is -1.98. The smallest absolute Gasteiger partial charge is 0.311 e. The largest absolute Gasteiger partial charge is 0.463 e. The van der Waals surface area contributed by atoms with E-state index in [4.69, 9.17) is 13.8 Å². The molecule has 0 saturated heterocycles. The highest BCUT2D eigenvalue weighted by Crippen LogP contribution is 2.11. The summed E-state index contributed by atoms with van der Waals surface area (Å²) in [6, 6.07) is 3.07. The van der Waals surface area contributed by atoms with Gasteiger partial charge in [-0.25, -0.2) is 0 Å². The van der Waals surface area contributed by atoms with Gasteiger partial charge in [0.1, 0.15) is 5.76 Å². The van der Waals surface area contributed by atoms with E-state index in [2.05, 4.69) is 10.3 Å². The number of nitrogens with one attached hydrogen (secondary N) is 1. The van der Waals surface area contributed by atoms with Crippen LogP contribution in [0.25, 0.3) is 0 Å². The summed E-state index contributed by atoms with van der Waals surface area (Å²) >= 11 is 0. The van der Waals surface area contributed by atoms with E-state index in [0.29, 0.717) is 24.7 Å². The molecular formula is C9H10N2O4. The highest BCUT2D eigenvalue weighted by atomic mass is 16.6. The minimum absolute atomic E-state index is 0.250. The molecule has 2 aromatic heterocycles. The van der Waals surface area contributed by atoms with Crippen LogP contribution >= 0.6 is 0 Å². The summed E-state index contributed by atoms with van der Waals surface area (Å²) in [6.07, 6.45) is 0.498. The van der Waals surface area contributed by atoms with Crippen molar-refractivity contribution in [2.45, 2.75) is 13.3 Å². The third-order valence-electron chi connectivity index (χ3n) is 1.77. The van der Waals surface area contributed by atoms with Crippen LogP contribution in [0.3, 0.4) is 0 Å². The molecule has 2 aromatic rings. The van der Waals surface area contributed by atoms with E-state index in [1.807, 2.05) is 6.92 Å². The average molecular weight is 210 g/mol. The normalized spacial score (nSPS) is 10.5. The van der Waals surface area contributed by atoms with Crippen molar-refractivity contribution in [2.24, 2.45) is 0 Å². The second kappa shape index (κ2) is 4.04. The second-order valence-corrected chi connectivity index (χ2v) is 3.06. The third-order valence-corrected chi connectivity index (χ3v) is 1.77. The number of hydrogen-bond donors (Lipinski definition) is 1. The molecule has 0 aliphatic rings. The predicted molar refractivity (Wildman–Crippen MR) is 49.8 cm³/mol. The molecule has 0 atom stereocenters. The molecule has 15 heavy (non-hydrogen) atoms. The minimum Gasteiger partial charge on any atom is -0.463 e. The first-order valence-electron chi connectivity index (χ1n) is 4.47. The van der Waals surface area contributed by atoms with Crippen molar-refractivity contribution in [1.82, 2.24) is 10.3 Å². The summed E-state index contributed by atoms with van der Waals surface area (Å²) in [4.78, 5) is 10.7. The van der Waals surface area contributed by atoms with Crippen molar-refractivity contribution in [3.63, 3.8) is 0 Å². The lowest BCUT2D eigenvalue weighted by Crippen LogP contribution is -2.00. The molecule has 0 aliphatic heterocycles. The lowest BCUT2D eigenvalue weighted by molar-refractivity contribution is 0.209. The van der Waals surface area contributed by atoms with Gasteiger partial charge < -0.3 is 13.8 Å². The molecule has 80 valence electrons. The van der Waals surface area contributed by atoms with Gasteiger partial charge in [-0.2, -0.15) is 5.16 Å². The van der Waals surface area contributed by atoms with E-state index >= 15 is 0 Å². The first-order valence-corrected chi connectivity index (χ1v) is 4.47. The fraction of sp³-hybridized carbons (Fsp3) is 0.333. The van der Waals surface area contributed by atoms with Crippen molar-refractivity contribution < 1.29 is 13.8 Å². The fourth-order valence-corrected chi connectivity index (χ4v) is 1.10. The number of nitrogens with zero attached hydrogens (tertiary/aromatic N) is 1. The van der Waals surface area contributed by atoms with E-state index in [0.717, 1.165) is 5.69 Å². The molecule has 0 aliphatic carbocycles. The van der Waals surface area contributed by atoms with E-state index in [-0.39, 0.29) is 5.56 Å². The van der Waals surface area contributed by atoms with Gasteiger partial charge in [0.2, 0.25) is 0 Å². The average Bonchev–Trinajstić information content (AvgIpc) is 2.76. The number of rotatable bonds is 4. The molecular weight excluding hydrogens is 200 g/mol. The zero-order valence-corrected chi connectivity index (χ0v) is 8.15. The molecule has 0 unspecified atom stereocenters. The second-order valence-electron chi connectivity index (χ2n) is 3.06.